The van der Waals surface area contributed by atoms with Gasteiger partial charge in [0.25, 0.3) is 0 Å². The molecule has 0 saturated heterocycles. The quantitative estimate of drug-likeness (QED) is 0.820. The van der Waals surface area contributed by atoms with Crippen LogP contribution in [0.5, 0.6) is 5.75 Å². The second kappa shape index (κ2) is 5.27. The van der Waals surface area contributed by atoms with Gasteiger partial charge in [-0.05, 0) is 36.4 Å². The molecule has 17 heavy (non-hydrogen) atoms. The molecule has 0 aromatic heterocycles. The maximum Gasteiger partial charge on any atom is 0.132 e. The molecule has 0 radical (unpaired) electrons. The molecule has 0 unspecified atom stereocenters. The average Bonchev–Trinajstić information content (AvgIpc) is 2.30. The summed E-state index contributed by atoms with van der Waals surface area (Å²) in [4.78, 5) is 0. The SMILES string of the molecule is Fc1ccc(COc2ccc(Br)cc2)c(F)c1. The van der Waals surface area contributed by atoms with E-state index in [1.807, 2.05) is 12.1 Å². The van der Waals surface area contributed by atoms with Gasteiger partial charge >= 0.3 is 0 Å². The van der Waals surface area contributed by atoms with Crippen molar-refractivity contribution in [1.82, 2.24) is 0 Å². The summed E-state index contributed by atoms with van der Waals surface area (Å²) in [7, 11) is 0. The van der Waals surface area contributed by atoms with Gasteiger partial charge in [0.1, 0.15) is 24.0 Å². The zero-order valence-electron chi connectivity index (χ0n) is 8.79. The van der Waals surface area contributed by atoms with E-state index >= 15 is 0 Å². The van der Waals surface area contributed by atoms with Crippen molar-refractivity contribution in [2.45, 2.75) is 6.61 Å². The molecule has 0 aliphatic carbocycles. The van der Waals surface area contributed by atoms with Crippen LogP contribution in [0.2, 0.25) is 0 Å². The number of benzene rings is 2. The first-order valence-electron chi connectivity index (χ1n) is 4.97. The summed E-state index contributed by atoms with van der Waals surface area (Å²) in [5, 5.41) is 0. The Bertz CT molecular complexity index is 511. The second-order valence-electron chi connectivity index (χ2n) is 3.48. The molecule has 0 aliphatic heterocycles. The van der Waals surface area contributed by atoms with E-state index in [0.29, 0.717) is 11.3 Å². The molecule has 2 rings (SSSR count). The van der Waals surface area contributed by atoms with Crippen LogP contribution in [0.15, 0.2) is 46.9 Å². The first kappa shape index (κ1) is 12.0. The summed E-state index contributed by atoms with van der Waals surface area (Å²) in [6, 6.07) is 10.6. The molecule has 0 heterocycles. The summed E-state index contributed by atoms with van der Waals surface area (Å²) in [5.41, 5.74) is 0.328. The highest BCUT2D eigenvalue weighted by Gasteiger charge is 2.04. The molecule has 1 nitrogen and oxygen atoms in total. The zero-order chi connectivity index (χ0) is 12.3. The highest BCUT2D eigenvalue weighted by Crippen LogP contribution is 2.18. The molecule has 0 saturated carbocycles. The van der Waals surface area contributed by atoms with Crippen LogP contribution < -0.4 is 4.74 Å². The van der Waals surface area contributed by atoms with Crippen LogP contribution in [0, 0.1) is 11.6 Å². The van der Waals surface area contributed by atoms with Gasteiger partial charge in [-0.1, -0.05) is 15.9 Å². The molecular formula is C13H9BrF2O. The third kappa shape index (κ3) is 3.27. The first-order valence-corrected chi connectivity index (χ1v) is 5.77. The highest BCUT2D eigenvalue weighted by atomic mass is 79.9. The van der Waals surface area contributed by atoms with E-state index < -0.39 is 11.6 Å². The monoisotopic (exact) mass is 298 g/mol. The van der Waals surface area contributed by atoms with Crippen molar-refractivity contribution in [3.05, 3.63) is 64.1 Å². The molecule has 2 aromatic rings. The van der Waals surface area contributed by atoms with E-state index in [1.165, 1.54) is 12.1 Å². The fraction of sp³-hybridized carbons (Fsp3) is 0.0769. The number of ether oxygens (including phenoxy) is 1. The van der Waals surface area contributed by atoms with E-state index in [4.69, 9.17) is 4.74 Å². The standard InChI is InChI=1S/C13H9BrF2O/c14-10-2-5-12(6-3-10)17-8-9-1-4-11(15)7-13(9)16/h1-7H,8H2. The summed E-state index contributed by atoms with van der Waals surface area (Å²) in [6.45, 7) is 0.0771. The van der Waals surface area contributed by atoms with Gasteiger partial charge in [0.15, 0.2) is 0 Å². The van der Waals surface area contributed by atoms with E-state index in [1.54, 1.807) is 12.1 Å². The zero-order valence-corrected chi connectivity index (χ0v) is 10.4. The Hall–Kier alpha value is -1.42. The maximum absolute atomic E-state index is 13.3. The lowest BCUT2D eigenvalue weighted by Crippen LogP contribution is -1.98. The predicted molar refractivity (Wildman–Crippen MR) is 64.8 cm³/mol. The largest absolute Gasteiger partial charge is 0.489 e. The van der Waals surface area contributed by atoms with Crippen LogP contribution in [-0.2, 0) is 6.61 Å². The molecule has 0 N–H and O–H groups in total. The Morgan fingerprint density at radius 1 is 1.00 bits per heavy atom. The molecule has 0 aliphatic rings. The van der Waals surface area contributed by atoms with Crippen molar-refractivity contribution in [2.75, 3.05) is 0 Å². The lowest BCUT2D eigenvalue weighted by atomic mass is 10.2. The molecule has 4 heteroatoms. The number of hydrogen-bond donors (Lipinski definition) is 0. The summed E-state index contributed by atoms with van der Waals surface area (Å²) in [5.74, 6) is -0.547. The van der Waals surface area contributed by atoms with Gasteiger partial charge in [-0.3, -0.25) is 0 Å². The van der Waals surface area contributed by atoms with Gasteiger partial charge in [-0.15, -0.1) is 0 Å². The molecular weight excluding hydrogens is 290 g/mol. The third-order valence-corrected chi connectivity index (χ3v) is 2.75. The van der Waals surface area contributed by atoms with Crippen molar-refractivity contribution in [2.24, 2.45) is 0 Å². The molecule has 0 amide bonds. The smallest absolute Gasteiger partial charge is 0.132 e. The number of hydrogen-bond acceptors (Lipinski definition) is 1. The molecule has 0 bridgehead atoms. The van der Waals surface area contributed by atoms with Gasteiger partial charge < -0.3 is 4.74 Å². The summed E-state index contributed by atoms with van der Waals surface area (Å²) in [6.07, 6.45) is 0. The van der Waals surface area contributed by atoms with E-state index in [0.717, 1.165) is 10.5 Å². The van der Waals surface area contributed by atoms with Crippen LogP contribution >= 0.6 is 15.9 Å². The van der Waals surface area contributed by atoms with Crippen molar-refractivity contribution < 1.29 is 13.5 Å². The predicted octanol–water partition coefficient (Wildman–Crippen LogP) is 4.31. The number of rotatable bonds is 3. The van der Waals surface area contributed by atoms with Crippen LogP contribution in [0.25, 0.3) is 0 Å². The summed E-state index contributed by atoms with van der Waals surface area (Å²) < 4.78 is 32.3. The average molecular weight is 299 g/mol. The molecule has 0 spiro atoms. The molecule has 88 valence electrons. The fourth-order valence-electron chi connectivity index (χ4n) is 1.33. The minimum absolute atomic E-state index is 0.0771. The maximum atomic E-state index is 13.3. The Labute approximate surface area is 106 Å². The van der Waals surface area contributed by atoms with Crippen molar-refractivity contribution >= 4 is 15.9 Å². The van der Waals surface area contributed by atoms with E-state index in [-0.39, 0.29) is 6.61 Å². The van der Waals surface area contributed by atoms with Gasteiger partial charge in [-0.2, -0.15) is 0 Å². The van der Waals surface area contributed by atoms with Crippen molar-refractivity contribution in [3.63, 3.8) is 0 Å². The Morgan fingerprint density at radius 2 is 1.71 bits per heavy atom. The first-order chi connectivity index (χ1) is 8.15. The van der Waals surface area contributed by atoms with Gasteiger partial charge in [0, 0.05) is 16.1 Å². The molecule has 2 aromatic carbocycles. The lowest BCUT2D eigenvalue weighted by molar-refractivity contribution is 0.299. The van der Waals surface area contributed by atoms with Crippen LogP contribution in [-0.4, -0.2) is 0 Å². The van der Waals surface area contributed by atoms with E-state index in [9.17, 15) is 8.78 Å². The van der Waals surface area contributed by atoms with Crippen LogP contribution in [0.1, 0.15) is 5.56 Å². The Kier molecular flexibility index (Phi) is 3.74. The normalized spacial score (nSPS) is 10.3. The number of halogens is 3. The van der Waals surface area contributed by atoms with Crippen molar-refractivity contribution in [1.29, 1.82) is 0 Å². The third-order valence-electron chi connectivity index (χ3n) is 2.22. The van der Waals surface area contributed by atoms with Gasteiger partial charge in [0.2, 0.25) is 0 Å². The topological polar surface area (TPSA) is 9.23 Å². The second-order valence-corrected chi connectivity index (χ2v) is 4.39. The highest BCUT2D eigenvalue weighted by molar-refractivity contribution is 9.10. The molecule has 0 atom stereocenters. The fourth-order valence-corrected chi connectivity index (χ4v) is 1.59. The van der Waals surface area contributed by atoms with Crippen molar-refractivity contribution in [3.8, 4) is 5.75 Å². The van der Waals surface area contributed by atoms with Crippen LogP contribution in [0.3, 0.4) is 0 Å². The molecule has 0 fully saturated rings. The minimum Gasteiger partial charge on any atom is -0.489 e. The Morgan fingerprint density at radius 3 is 2.35 bits per heavy atom. The van der Waals surface area contributed by atoms with Crippen LogP contribution in [0.4, 0.5) is 8.78 Å². The van der Waals surface area contributed by atoms with Gasteiger partial charge in [-0.25, -0.2) is 8.78 Å². The minimum atomic E-state index is -0.595. The van der Waals surface area contributed by atoms with E-state index in [2.05, 4.69) is 15.9 Å². The lowest BCUT2D eigenvalue weighted by Gasteiger charge is -2.07. The van der Waals surface area contributed by atoms with Gasteiger partial charge in [0.05, 0.1) is 0 Å². The Balaban J connectivity index is 2.04. The summed E-state index contributed by atoms with van der Waals surface area (Å²) >= 11 is 3.30.